The monoisotopic (exact) mass is 494 g/mol. The molecular weight excluding hydrogens is 448 g/mol. The number of carbonyl (C=O) groups is 4. The average Bonchev–Trinajstić information content (AvgIpc) is 3.24. The van der Waals surface area contributed by atoms with E-state index < -0.39 is 5.54 Å². The van der Waals surface area contributed by atoms with Crippen LogP contribution in [-0.4, -0.2) is 95.0 Å². The van der Waals surface area contributed by atoms with Gasteiger partial charge in [-0.2, -0.15) is 0 Å². The minimum absolute atomic E-state index is 0.0591. The molecule has 35 heavy (non-hydrogen) atoms. The maximum Gasteiger partial charge on any atom is 0.327 e. The molecule has 9 nitrogen and oxygen atoms in total. The van der Waals surface area contributed by atoms with Gasteiger partial charge in [0.25, 0.3) is 5.91 Å². The standard InChI is InChI=1S/C26H46N4O5/c1-7-27-19-21(31)29(23(27)33)16-15-25(3,4)13-9-11-17-35-18-12-10-14-26(5,6)30-22(32)20-28(8-2)24(30)34/h7-20H2,1-6H3. The van der Waals surface area contributed by atoms with Crippen molar-refractivity contribution in [2.45, 2.75) is 92.0 Å². The molecule has 0 aliphatic carbocycles. The van der Waals surface area contributed by atoms with Crippen molar-refractivity contribution in [2.75, 3.05) is 45.9 Å². The summed E-state index contributed by atoms with van der Waals surface area (Å²) in [5.74, 6) is -0.200. The molecule has 6 amide bonds. The van der Waals surface area contributed by atoms with Gasteiger partial charge in [0.2, 0.25) is 5.91 Å². The molecule has 2 saturated heterocycles. The fourth-order valence-electron chi connectivity index (χ4n) is 4.78. The number of carbonyl (C=O) groups excluding carboxylic acids is 4. The second-order valence-electron chi connectivity index (χ2n) is 11.1. The minimum Gasteiger partial charge on any atom is -0.381 e. The van der Waals surface area contributed by atoms with Gasteiger partial charge < -0.3 is 14.5 Å². The highest BCUT2D eigenvalue weighted by Gasteiger charge is 2.43. The number of unbranched alkanes of at least 4 members (excludes halogenated alkanes) is 2. The van der Waals surface area contributed by atoms with Crippen molar-refractivity contribution in [1.29, 1.82) is 0 Å². The zero-order chi connectivity index (χ0) is 26.2. The van der Waals surface area contributed by atoms with Gasteiger partial charge in [-0.25, -0.2) is 9.59 Å². The summed E-state index contributed by atoms with van der Waals surface area (Å²) in [6.07, 6.45) is 6.39. The molecule has 0 atom stereocenters. The molecule has 2 aliphatic heterocycles. The number of hydrogen-bond acceptors (Lipinski definition) is 5. The Morgan fingerprint density at radius 1 is 0.714 bits per heavy atom. The van der Waals surface area contributed by atoms with Crippen molar-refractivity contribution in [1.82, 2.24) is 19.6 Å². The molecule has 0 aromatic heterocycles. The van der Waals surface area contributed by atoms with Gasteiger partial charge in [-0.05, 0) is 71.6 Å². The average molecular weight is 495 g/mol. The Labute approximate surface area is 211 Å². The molecule has 0 N–H and O–H groups in total. The lowest BCUT2D eigenvalue weighted by Crippen LogP contribution is -2.48. The van der Waals surface area contributed by atoms with Crippen LogP contribution >= 0.6 is 0 Å². The molecule has 2 aliphatic rings. The van der Waals surface area contributed by atoms with Gasteiger partial charge in [-0.3, -0.25) is 19.4 Å². The molecule has 0 spiro atoms. The number of imide groups is 2. The first-order valence-electron chi connectivity index (χ1n) is 13.2. The molecule has 2 fully saturated rings. The summed E-state index contributed by atoms with van der Waals surface area (Å²) in [5.41, 5.74) is -0.424. The van der Waals surface area contributed by atoms with Gasteiger partial charge >= 0.3 is 12.1 Å². The van der Waals surface area contributed by atoms with Crippen LogP contribution in [0.25, 0.3) is 0 Å². The lowest BCUT2D eigenvalue weighted by molar-refractivity contribution is -0.129. The van der Waals surface area contributed by atoms with E-state index in [1.165, 1.54) is 9.80 Å². The Hall–Kier alpha value is -2.16. The molecule has 0 aromatic carbocycles. The van der Waals surface area contributed by atoms with Crippen molar-refractivity contribution in [3.8, 4) is 0 Å². The zero-order valence-corrected chi connectivity index (χ0v) is 22.7. The van der Waals surface area contributed by atoms with Gasteiger partial charge in [0.15, 0.2) is 0 Å². The quantitative estimate of drug-likeness (QED) is 0.238. The highest BCUT2D eigenvalue weighted by molar-refractivity contribution is 6.03. The largest absolute Gasteiger partial charge is 0.381 e. The normalized spacial score (nSPS) is 17.5. The second kappa shape index (κ2) is 12.7. The second-order valence-corrected chi connectivity index (χ2v) is 11.1. The van der Waals surface area contributed by atoms with Crippen LogP contribution in [0.4, 0.5) is 9.59 Å². The first-order chi connectivity index (χ1) is 16.4. The van der Waals surface area contributed by atoms with Crippen LogP contribution in [0.5, 0.6) is 0 Å². The van der Waals surface area contributed by atoms with Gasteiger partial charge in [0.1, 0.15) is 13.1 Å². The molecular formula is C26H46N4O5. The third-order valence-electron chi connectivity index (χ3n) is 7.27. The van der Waals surface area contributed by atoms with Crippen molar-refractivity contribution in [2.24, 2.45) is 5.41 Å². The predicted octanol–water partition coefficient (Wildman–Crippen LogP) is 4.11. The molecule has 9 heteroatoms. The number of amides is 6. The van der Waals surface area contributed by atoms with E-state index in [-0.39, 0.29) is 42.4 Å². The number of nitrogens with zero attached hydrogens (tertiary/aromatic N) is 4. The van der Waals surface area contributed by atoms with E-state index in [1.54, 1.807) is 9.80 Å². The molecule has 2 rings (SSSR count). The first kappa shape index (κ1) is 29.1. The summed E-state index contributed by atoms with van der Waals surface area (Å²) in [6, 6.07) is -0.338. The van der Waals surface area contributed by atoms with Crippen LogP contribution in [-0.2, 0) is 14.3 Å². The Morgan fingerprint density at radius 3 is 1.80 bits per heavy atom. The van der Waals surface area contributed by atoms with Crippen molar-refractivity contribution in [3.63, 3.8) is 0 Å². The number of rotatable bonds is 16. The van der Waals surface area contributed by atoms with E-state index in [1.807, 2.05) is 27.7 Å². The number of urea groups is 2. The van der Waals surface area contributed by atoms with E-state index in [0.29, 0.717) is 32.8 Å². The Bertz CT molecular complexity index is 767. The van der Waals surface area contributed by atoms with E-state index >= 15 is 0 Å². The maximum absolute atomic E-state index is 12.4. The molecule has 0 unspecified atom stereocenters. The van der Waals surface area contributed by atoms with Crippen molar-refractivity contribution in [3.05, 3.63) is 0 Å². The predicted molar refractivity (Wildman–Crippen MR) is 135 cm³/mol. The third kappa shape index (κ3) is 7.92. The lowest BCUT2D eigenvalue weighted by atomic mass is 9.84. The Morgan fingerprint density at radius 2 is 1.26 bits per heavy atom. The molecule has 0 bridgehead atoms. The van der Waals surface area contributed by atoms with E-state index in [9.17, 15) is 19.2 Å². The van der Waals surface area contributed by atoms with E-state index in [4.69, 9.17) is 4.74 Å². The van der Waals surface area contributed by atoms with Crippen molar-refractivity contribution < 1.29 is 23.9 Å². The first-order valence-corrected chi connectivity index (χ1v) is 13.2. The van der Waals surface area contributed by atoms with Crippen LogP contribution in [0.15, 0.2) is 0 Å². The summed E-state index contributed by atoms with van der Waals surface area (Å²) in [5, 5.41) is 0. The molecule has 0 saturated carbocycles. The Balaban J connectivity index is 1.55. The summed E-state index contributed by atoms with van der Waals surface area (Å²) < 4.78 is 5.80. The fourth-order valence-corrected chi connectivity index (χ4v) is 4.78. The summed E-state index contributed by atoms with van der Waals surface area (Å²) in [6.45, 7) is 15.5. The highest BCUT2D eigenvalue weighted by Crippen LogP contribution is 2.29. The van der Waals surface area contributed by atoms with Crippen LogP contribution in [0.1, 0.15) is 86.5 Å². The number of likely N-dealkylation sites (N-methyl/N-ethyl adjacent to an activating group) is 2. The molecule has 0 aromatic rings. The van der Waals surface area contributed by atoms with Crippen LogP contribution < -0.4 is 0 Å². The summed E-state index contributed by atoms with van der Waals surface area (Å²) in [7, 11) is 0. The van der Waals surface area contributed by atoms with Gasteiger partial charge in [-0.1, -0.05) is 20.3 Å². The van der Waals surface area contributed by atoms with Crippen LogP contribution in [0.2, 0.25) is 0 Å². The van der Waals surface area contributed by atoms with Crippen molar-refractivity contribution >= 4 is 23.9 Å². The summed E-state index contributed by atoms with van der Waals surface area (Å²) >= 11 is 0. The Kier molecular flexibility index (Phi) is 10.5. The van der Waals surface area contributed by atoms with Crippen LogP contribution in [0, 0.1) is 5.41 Å². The minimum atomic E-state index is -0.483. The van der Waals surface area contributed by atoms with Gasteiger partial charge in [-0.15, -0.1) is 0 Å². The topological polar surface area (TPSA) is 90.5 Å². The van der Waals surface area contributed by atoms with Gasteiger partial charge in [0.05, 0.1) is 0 Å². The smallest absolute Gasteiger partial charge is 0.327 e. The third-order valence-corrected chi connectivity index (χ3v) is 7.27. The fraction of sp³-hybridized carbons (Fsp3) is 0.846. The molecule has 2 heterocycles. The van der Waals surface area contributed by atoms with Crippen LogP contribution in [0.3, 0.4) is 0 Å². The molecule has 0 radical (unpaired) electrons. The number of hydrogen-bond donors (Lipinski definition) is 0. The SMILES string of the molecule is CCN1CC(=O)N(CCC(C)(C)CCCCOCCCCC(C)(C)N2C(=O)CN(CC)C2=O)C1=O. The lowest BCUT2D eigenvalue weighted by Gasteiger charge is -2.33. The van der Waals surface area contributed by atoms with E-state index in [0.717, 1.165) is 44.9 Å². The highest BCUT2D eigenvalue weighted by atomic mass is 16.5. The zero-order valence-electron chi connectivity index (χ0n) is 22.7. The molecule has 200 valence electrons. The van der Waals surface area contributed by atoms with Gasteiger partial charge in [0, 0.05) is 38.4 Å². The van der Waals surface area contributed by atoms with E-state index in [2.05, 4.69) is 13.8 Å². The summed E-state index contributed by atoms with van der Waals surface area (Å²) in [4.78, 5) is 55.0. The number of ether oxygens (including phenoxy) is 1. The maximum atomic E-state index is 12.4.